The Hall–Kier alpha value is -4.98. The molecule has 1 atom stereocenters. The van der Waals surface area contributed by atoms with Crippen molar-refractivity contribution in [2.24, 2.45) is 7.05 Å². The highest BCUT2D eigenvalue weighted by molar-refractivity contribution is 5.96. The molecule has 0 bridgehead atoms. The van der Waals surface area contributed by atoms with Crippen LogP contribution in [-0.2, 0) is 19.9 Å². The molecule has 0 saturated heterocycles. The van der Waals surface area contributed by atoms with Crippen LogP contribution in [0.3, 0.4) is 0 Å². The summed E-state index contributed by atoms with van der Waals surface area (Å²) in [6, 6.07) is 21.3. The fourth-order valence-corrected chi connectivity index (χ4v) is 4.82. The molecule has 0 aliphatic heterocycles. The van der Waals surface area contributed by atoms with E-state index in [0.717, 1.165) is 40.3 Å². The van der Waals surface area contributed by atoms with Crippen LogP contribution in [0.5, 0.6) is 0 Å². The summed E-state index contributed by atoms with van der Waals surface area (Å²) in [6.45, 7) is 2.10. The minimum atomic E-state index is -0.421. The number of amides is 1. The van der Waals surface area contributed by atoms with Crippen LogP contribution in [0.25, 0.3) is 27.9 Å². The second kappa shape index (κ2) is 10.4. The maximum atomic E-state index is 13.4. The van der Waals surface area contributed by atoms with E-state index in [2.05, 4.69) is 40.4 Å². The van der Waals surface area contributed by atoms with Gasteiger partial charge in [0.05, 0.1) is 24.3 Å². The Labute approximate surface area is 226 Å². The largest absolute Gasteiger partial charge is 0.451 e. The molecular formula is C31H28N6O2. The van der Waals surface area contributed by atoms with Crippen molar-refractivity contribution in [3.63, 3.8) is 0 Å². The maximum Gasteiger partial charge on any atom is 0.287 e. The van der Waals surface area contributed by atoms with Crippen LogP contribution >= 0.6 is 0 Å². The molecule has 6 aromatic rings. The maximum absolute atomic E-state index is 13.4. The fraction of sp³-hybridized carbons (Fsp3) is 0.161. The second-order valence-electron chi connectivity index (χ2n) is 9.47. The number of imidazole rings is 2. The second-order valence-corrected chi connectivity index (χ2v) is 9.47. The van der Waals surface area contributed by atoms with Crippen LogP contribution in [0.15, 0.2) is 102 Å². The molecule has 194 valence electrons. The summed E-state index contributed by atoms with van der Waals surface area (Å²) >= 11 is 0. The van der Waals surface area contributed by atoms with Crippen molar-refractivity contribution in [2.75, 3.05) is 0 Å². The Morgan fingerprint density at radius 3 is 2.64 bits per heavy atom. The number of pyridine rings is 1. The van der Waals surface area contributed by atoms with Gasteiger partial charge < -0.3 is 18.9 Å². The number of aryl methyl sites for hydroxylation is 1. The van der Waals surface area contributed by atoms with Gasteiger partial charge >= 0.3 is 0 Å². The Kier molecular flexibility index (Phi) is 6.50. The number of hydrogen-bond donors (Lipinski definition) is 1. The molecule has 0 saturated carbocycles. The zero-order chi connectivity index (χ0) is 26.8. The van der Waals surface area contributed by atoms with Gasteiger partial charge in [-0.05, 0) is 60.0 Å². The lowest BCUT2D eigenvalue weighted by atomic mass is 10.1. The molecule has 1 N–H and O–H groups in total. The first-order chi connectivity index (χ1) is 19.1. The first-order valence-corrected chi connectivity index (χ1v) is 12.9. The minimum Gasteiger partial charge on any atom is -0.451 e. The number of rotatable bonds is 8. The van der Waals surface area contributed by atoms with Gasteiger partial charge in [0.15, 0.2) is 5.76 Å². The van der Waals surface area contributed by atoms with Crippen LogP contribution in [0, 0.1) is 0 Å². The van der Waals surface area contributed by atoms with Gasteiger partial charge in [0.25, 0.3) is 5.91 Å². The average molecular weight is 517 g/mol. The highest BCUT2D eigenvalue weighted by Crippen LogP contribution is 2.27. The van der Waals surface area contributed by atoms with Gasteiger partial charge in [-0.15, -0.1) is 0 Å². The highest BCUT2D eigenvalue weighted by atomic mass is 16.3. The number of nitrogens with zero attached hydrogens (tertiary/aromatic N) is 5. The summed E-state index contributed by atoms with van der Waals surface area (Å²) in [5, 5.41) is 4.07. The van der Waals surface area contributed by atoms with Crippen LogP contribution in [-0.4, -0.2) is 30.0 Å². The first-order valence-electron chi connectivity index (χ1n) is 12.9. The van der Waals surface area contributed by atoms with Crippen molar-refractivity contribution in [3.05, 3.63) is 121 Å². The zero-order valence-corrected chi connectivity index (χ0v) is 21.8. The number of fused-ring (bicyclic) bond motifs is 1. The number of carbonyl (C=O) groups excluding carboxylic acids is 1. The van der Waals surface area contributed by atoms with Gasteiger partial charge in [-0.3, -0.25) is 9.78 Å². The molecule has 0 aliphatic rings. The lowest BCUT2D eigenvalue weighted by Gasteiger charge is -2.18. The molecule has 39 heavy (non-hydrogen) atoms. The third kappa shape index (κ3) is 4.96. The van der Waals surface area contributed by atoms with Crippen molar-refractivity contribution in [2.45, 2.75) is 25.8 Å². The number of furan rings is 1. The monoisotopic (exact) mass is 516 g/mol. The molecule has 0 fully saturated rings. The van der Waals surface area contributed by atoms with Crippen molar-refractivity contribution >= 4 is 16.9 Å². The smallest absolute Gasteiger partial charge is 0.287 e. The summed E-state index contributed by atoms with van der Waals surface area (Å²) in [4.78, 5) is 26.8. The molecule has 0 aliphatic carbocycles. The van der Waals surface area contributed by atoms with Gasteiger partial charge in [0.1, 0.15) is 11.4 Å². The van der Waals surface area contributed by atoms with Crippen molar-refractivity contribution < 1.29 is 9.21 Å². The molecule has 1 amide bonds. The highest BCUT2D eigenvalue weighted by Gasteiger charge is 2.24. The third-order valence-electron chi connectivity index (χ3n) is 6.96. The SMILES string of the molecule is CCc1ccc2oc(C(=O)NC(Cc3ccccn3)c3ncc(-c4ccc(-n5ccnc5)cc4)n3C)cc2c1. The molecular weight excluding hydrogens is 488 g/mol. The quantitative estimate of drug-likeness (QED) is 0.281. The predicted molar refractivity (Wildman–Crippen MR) is 150 cm³/mol. The summed E-state index contributed by atoms with van der Waals surface area (Å²) < 4.78 is 9.88. The minimum absolute atomic E-state index is 0.272. The third-order valence-corrected chi connectivity index (χ3v) is 6.96. The number of hydrogen-bond acceptors (Lipinski definition) is 5. The molecule has 2 aromatic carbocycles. The normalized spacial score (nSPS) is 12.1. The Morgan fingerprint density at radius 2 is 1.90 bits per heavy atom. The lowest BCUT2D eigenvalue weighted by molar-refractivity contribution is 0.0908. The van der Waals surface area contributed by atoms with Gasteiger partial charge in [0.2, 0.25) is 0 Å². The van der Waals surface area contributed by atoms with E-state index in [1.165, 1.54) is 5.56 Å². The predicted octanol–water partition coefficient (Wildman–Crippen LogP) is 5.69. The van der Waals surface area contributed by atoms with Gasteiger partial charge in [0, 0.05) is 48.8 Å². The summed E-state index contributed by atoms with van der Waals surface area (Å²) in [7, 11) is 1.96. The molecule has 1 unspecified atom stereocenters. The standard InChI is InChI=1S/C31H28N6O2/c1-3-21-7-12-28-23(16-21)17-29(39-28)31(38)35-26(18-24-6-4-5-13-33-24)30-34-19-27(36(30)2)22-8-10-25(11-9-22)37-15-14-32-20-37/h4-17,19-20,26H,3,18H2,1-2H3,(H,35,38). The molecule has 0 radical (unpaired) electrons. The molecule has 8 nitrogen and oxygen atoms in total. The van der Waals surface area contributed by atoms with Gasteiger partial charge in [-0.1, -0.05) is 31.2 Å². The Bertz CT molecular complexity index is 1720. The van der Waals surface area contributed by atoms with E-state index in [1.54, 1.807) is 24.8 Å². The van der Waals surface area contributed by atoms with E-state index in [4.69, 9.17) is 9.40 Å². The topological polar surface area (TPSA) is 90.8 Å². The van der Waals surface area contributed by atoms with Crippen LogP contribution in [0.1, 0.15) is 40.6 Å². The molecule has 4 heterocycles. The lowest BCUT2D eigenvalue weighted by Crippen LogP contribution is -2.31. The van der Waals surface area contributed by atoms with Crippen molar-refractivity contribution in [1.29, 1.82) is 0 Å². The van der Waals surface area contributed by atoms with Crippen LogP contribution < -0.4 is 5.32 Å². The van der Waals surface area contributed by atoms with E-state index >= 15 is 0 Å². The Morgan fingerprint density at radius 1 is 1.03 bits per heavy atom. The summed E-state index contributed by atoms with van der Waals surface area (Å²) in [6.07, 6.45) is 10.4. The number of nitrogens with one attached hydrogen (secondary N) is 1. The van der Waals surface area contributed by atoms with Crippen LogP contribution in [0.4, 0.5) is 0 Å². The van der Waals surface area contributed by atoms with Gasteiger partial charge in [-0.2, -0.15) is 0 Å². The number of aromatic nitrogens is 5. The Balaban J connectivity index is 1.30. The molecule has 0 spiro atoms. The molecule has 6 rings (SSSR count). The van der Waals surface area contributed by atoms with E-state index in [1.807, 2.05) is 71.0 Å². The summed E-state index contributed by atoms with van der Waals surface area (Å²) in [5.74, 6) is 0.709. The fourth-order valence-electron chi connectivity index (χ4n) is 4.82. The first kappa shape index (κ1) is 24.4. The summed E-state index contributed by atoms with van der Waals surface area (Å²) in [5.41, 5.74) is 5.73. The van der Waals surface area contributed by atoms with E-state index in [0.29, 0.717) is 12.0 Å². The van der Waals surface area contributed by atoms with Crippen LogP contribution in [0.2, 0.25) is 0 Å². The number of benzene rings is 2. The zero-order valence-electron chi connectivity index (χ0n) is 21.8. The average Bonchev–Trinajstić information content (AvgIpc) is 3.73. The molecule has 4 aromatic heterocycles. The van der Waals surface area contributed by atoms with Crippen molar-refractivity contribution in [3.8, 4) is 16.9 Å². The number of carbonyl (C=O) groups is 1. The van der Waals surface area contributed by atoms with Gasteiger partial charge in [-0.25, -0.2) is 9.97 Å². The van der Waals surface area contributed by atoms with E-state index < -0.39 is 6.04 Å². The molecule has 8 heteroatoms. The van der Waals surface area contributed by atoms with Crippen molar-refractivity contribution in [1.82, 2.24) is 29.4 Å². The van der Waals surface area contributed by atoms with E-state index in [-0.39, 0.29) is 11.7 Å². The van der Waals surface area contributed by atoms with E-state index in [9.17, 15) is 4.79 Å².